The van der Waals surface area contributed by atoms with Crippen molar-refractivity contribution in [1.29, 1.82) is 0 Å². The first-order chi connectivity index (χ1) is 8.74. The van der Waals surface area contributed by atoms with Gasteiger partial charge in [-0.25, -0.2) is 4.57 Å². The molecule has 0 aliphatic heterocycles. The second kappa shape index (κ2) is 12.4. The minimum atomic E-state index is 1.24. The molecule has 0 aliphatic rings. The van der Waals surface area contributed by atoms with E-state index in [0.29, 0.717) is 0 Å². The highest BCUT2D eigenvalue weighted by molar-refractivity contribution is 7.78. The van der Waals surface area contributed by atoms with E-state index in [4.69, 9.17) is 5.41 Å². The second-order valence-corrected chi connectivity index (χ2v) is 4.67. The Morgan fingerprint density at radius 3 is 2.44 bits per heavy atom. The average molecular weight is 264 g/mol. The summed E-state index contributed by atoms with van der Waals surface area (Å²) in [5.41, 5.74) is 1.47. The van der Waals surface area contributed by atoms with E-state index < -0.39 is 0 Å². The monoisotopic (exact) mass is 264 g/mol. The number of pyridine rings is 1. The van der Waals surface area contributed by atoms with Crippen LogP contribution in [0.1, 0.15) is 51.0 Å². The van der Waals surface area contributed by atoms with E-state index in [0.717, 1.165) is 0 Å². The van der Waals surface area contributed by atoms with Gasteiger partial charge in [0.1, 0.15) is 7.05 Å². The maximum Gasteiger partial charge on any atom is 0.171 e. The molecule has 0 radical (unpaired) electrons. The normalized spacial score (nSPS) is 9.22. The van der Waals surface area contributed by atoms with Gasteiger partial charge in [0.2, 0.25) is 0 Å². The fraction of sp³-hybridized carbons (Fsp3) is 0.600. The van der Waals surface area contributed by atoms with Crippen LogP contribution in [0.15, 0.2) is 24.5 Å². The van der Waals surface area contributed by atoms with Gasteiger partial charge in [-0.2, -0.15) is 5.16 Å². The van der Waals surface area contributed by atoms with Crippen molar-refractivity contribution in [3.05, 3.63) is 35.5 Å². The topological polar surface area (TPSA) is 26.2 Å². The Morgan fingerprint density at radius 1 is 1.22 bits per heavy atom. The lowest BCUT2D eigenvalue weighted by Gasteiger charge is -2.00. The zero-order valence-corrected chi connectivity index (χ0v) is 12.4. The van der Waals surface area contributed by atoms with E-state index in [1.165, 1.54) is 55.7 Å². The molecule has 18 heavy (non-hydrogen) atoms. The van der Waals surface area contributed by atoms with Gasteiger partial charge in [0.05, 0.1) is 0 Å². The van der Waals surface area contributed by atoms with Gasteiger partial charge in [0.25, 0.3) is 0 Å². The van der Waals surface area contributed by atoms with Crippen molar-refractivity contribution < 1.29 is 4.57 Å². The summed E-state index contributed by atoms with van der Waals surface area (Å²) in [6.45, 7) is 2.27. The number of hydrogen-bond acceptors (Lipinski definition) is 1. The predicted octanol–water partition coefficient (Wildman–Crippen LogP) is 4.07. The third-order valence-corrected chi connectivity index (χ3v) is 2.82. The van der Waals surface area contributed by atoms with Crippen LogP contribution in [-0.2, 0) is 13.5 Å². The van der Waals surface area contributed by atoms with E-state index in [2.05, 4.69) is 55.3 Å². The lowest BCUT2D eigenvalue weighted by atomic mass is 10.1. The van der Waals surface area contributed by atoms with Gasteiger partial charge >= 0.3 is 0 Å². The molecule has 0 unspecified atom stereocenters. The molecule has 0 saturated carbocycles. The molecule has 0 bridgehead atoms. The minimum Gasteiger partial charge on any atom is -0.753 e. The molecule has 100 valence electrons. The van der Waals surface area contributed by atoms with Gasteiger partial charge in [-0.15, -0.1) is 0 Å². The molecule has 0 atom stereocenters. The molecule has 0 aromatic carbocycles. The van der Waals surface area contributed by atoms with Crippen molar-refractivity contribution in [1.82, 2.24) is 0 Å². The van der Waals surface area contributed by atoms with E-state index in [9.17, 15) is 0 Å². The van der Waals surface area contributed by atoms with Crippen molar-refractivity contribution in [2.24, 2.45) is 7.05 Å². The standard InChI is InChI=1S/C14H24N.CNS/c1-3-4-5-6-7-8-10-14-11-9-12-15(2)13-14;2-1-3/h9,11-13H,3-8,10H2,1-2H3;/q+1;-1. The average Bonchev–Trinajstić information content (AvgIpc) is 2.35. The van der Waals surface area contributed by atoms with E-state index in [1.54, 1.807) is 0 Å². The number of aromatic nitrogens is 1. The van der Waals surface area contributed by atoms with Crippen LogP contribution in [0.2, 0.25) is 0 Å². The summed E-state index contributed by atoms with van der Waals surface area (Å²) < 4.78 is 2.13. The van der Waals surface area contributed by atoms with Crippen LogP contribution in [0.4, 0.5) is 0 Å². The Bertz CT molecular complexity index is 344. The maximum atomic E-state index is 7.13. The van der Waals surface area contributed by atoms with Crippen molar-refractivity contribution in [2.75, 3.05) is 0 Å². The van der Waals surface area contributed by atoms with Gasteiger partial charge in [-0.3, -0.25) is 0 Å². The lowest BCUT2D eigenvalue weighted by Crippen LogP contribution is -2.26. The smallest absolute Gasteiger partial charge is 0.171 e. The summed E-state index contributed by atoms with van der Waals surface area (Å²) in [6, 6.07) is 4.36. The SMILES string of the molecule is CCCCCCCCc1ccc[n+](C)c1.[N-]=C=S. The van der Waals surface area contributed by atoms with Crippen LogP contribution in [0.3, 0.4) is 0 Å². The van der Waals surface area contributed by atoms with Gasteiger partial charge in [0, 0.05) is 11.6 Å². The molecule has 1 rings (SSSR count). The van der Waals surface area contributed by atoms with Crippen LogP contribution in [0, 0.1) is 0 Å². The summed E-state index contributed by atoms with van der Waals surface area (Å²) in [5.74, 6) is 0. The first kappa shape index (κ1) is 16.9. The Kier molecular flexibility index (Phi) is 11.7. The van der Waals surface area contributed by atoms with E-state index in [-0.39, 0.29) is 0 Å². The van der Waals surface area contributed by atoms with Gasteiger partial charge in [0.15, 0.2) is 12.4 Å². The Morgan fingerprint density at radius 2 is 1.83 bits per heavy atom. The molecule has 1 aromatic rings. The quantitative estimate of drug-likeness (QED) is 0.315. The molecule has 0 saturated heterocycles. The largest absolute Gasteiger partial charge is 0.753 e. The first-order valence-electron chi connectivity index (χ1n) is 6.70. The van der Waals surface area contributed by atoms with Crippen molar-refractivity contribution >= 4 is 17.4 Å². The molecule has 2 nitrogen and oxygen atoms in total. The number of nitrogens with zero attached hydrogens (tertiary/aromatic N) is 2. The van der Waals surface area contributed by atoms with Gasteiger partial charge in [-0.05, 0) is 18.9 Å². The zero-order chi connectivity index (χ0) is 13.6. The highest BCUT2D eigenvalue weighted by Gasteiger charge is 1.97. The van der Waals surface area contributed by atoms with E-state index in [1.807, 2.05) is 0 Å². The molecule has 1 heterocycles. The third-order valence-electron chi connectivity index (χ3n) is 2.82. The first-order valence-corrected chi connectivity index (χ1v) is 7.10. The van der Waals surface area contributed by atoms with Gasteiger partial charge < -0.3 is 5.41 Å². The van der Waals surface area contributed by atoms with Crippen LogP contribution < -0.4 is 4.57 Å². The molecule has 3 heteroatoms. The van der Waals surface area contributed by atoms with Crippen LogP contribution in [0.25, 0.3) is 5.41 Å². The summed E-state index contributed by atoms with van der Waals surface area (Å²) in [6.07, 6.45) is 13.9. The van der Waals surface area contributed by atoms with Crippen molar-refractivity contribution in [2.45, 2.75) is 51.9 Å². The number of hydrogen-bond donors (Lipinski definition) is 0. The lowest BCUT2D eigenvalue weighted by molar-refractivity contribution is -0.671. The Hall–Kier alpha value is -1.05. The fourth-order valence-corrected chi connectivity index (χ4v) is 1.91. The molecular formula is C15H24N2S. The second-order valence-electron chi connectivity index (χ2n) is 4.49. The molecule has 0 fully saturated rings. The number of thiocarbonyl (C=S) groups is 1. The molecule has 1 aromatic heterocycles. The highest BCUT2D eigenvalue weighted by Crippen LogP contribution is 2.08. The Balaban J connectivity index is 0.000000873. The molecule has 0 N–H and O–H groups in total. The summed E-state index contributed by atoms with van der Waals surface area (Å²) >= 11 is 3.70. The number of rotatable bonds is 7. The van der Waals surface area contributed by atoms with Crippen molar-refractivity contribution in [3.63, 3.8) is 0 Å². The molecule has 0 aliphatic carbocycles. The minimum absolute atomic E-state index is 1.24. The number of unbranched alkanes of at least 4 members (excludes halogenated alkanes) is 5. The number of aryl methyl sites for hydroxylation is 2. The van der Waals surface area contributed by atoms with Gasteiger partial charge in [-0.1, -0.05) is 51.2 Å². The van der Waals surface area contributed by atoms with Crippen LogP contribution in [-0.4, -0.2) is 5.16 Å². The number of isothiocyanates is 1. The summed E-state index contributed by atoms with van der Waals surface area (Å²) in [4.78, 5) is 0. The summed E-state index contributed by atoms with van der Waals surface area (Å²) in [7, 11) is 2.09. The molecule has 0 spiro atoms. The third kappa shape index (κ3) is 10.1. The van der Waals surface area contributed by atoms with Crippen LogP contribution >= 0.6 is 12.2 Å². The van der Waals surface area contributed by atoms with Crippen LogP contribution in [0.5, 0.6) is 0 Å². The maximum absolute atomic E-state index is 7.13. The summed E-state index contributed by atoms with van der Waals surface area (Å²) in [5, 5.41) is 8.47. The highest BCUT2D eigenvalue weighted by atomic mass is 32.1. The van der Waals surface area contributed by atoms with Crippen molar-refractivity contribution in [3.8, 4) is 0 Å². The molecule has 0 amide bonds. The molecular weight excluding hydrogens is 240 g/mol. The zero-order valence-electron chi connectivity index (χ0n) is 11.6. The predicted molar refractivity (Wildman–Crippen MR) is 80.7 cm³/mol. The fourth-order valence-electron chi connectivity index (χ4n) is 1.91. The van der Waals surface area contributed by atoms with E-state index >= 15 is 0 Å². The Labute approximate surface area is 117 Å².